The zero-order valence-corrected chi connectivity index (χ0v) is 20.6. The number of amides is 1. The zero-order valence-electron chi connectivity index (χ0n) is 19.0. The largest absolute Gasteiger partial charge is 0.493 e. The van der Waals surface area contributed by atoms with Gasteiger partial charge in [-0.1, -0.05) is 48.2 Å². The first-order valence-electron chi connectivity index (χ1n) is 12.1. The van der Waals surface area contributed by atoms with Crippen LogP contribution in [0.25, 0.3) is 6.08 Å². The molecule has 5 fully saturated rings. The molecule has 2 aromatic rings. The highest BCUT2D eigenvalue weighted by Gasteiger charge is 2.51. The first kappa shape index (κ1) is 21.4. The summed E-state index contributed by atoms with van der Waals surface area (Å²) < 4.78 is 6.56. The lowest BCUT2D eigenvalue weighted by Gasteiger charge is -2.57. The smallest absolute Gasteiger partial charge is 0.270 e. The Kier molecular flexibility index (Phi) is 5.38. The monoisotopic (exact) mass is 475 g/mol. The normalized spacial score (nSPS) is 31.6. The Balaban J connectivity index is 1.37. The van der Waals surface area contributed by atoms with Crippen LogP contribution in [0, 0.1) is 17.8 Å². The Morgan fingerprint density at radius 2 is 1.73 bits per heavy atom. The highest BCUT2D eigenvalue weighted by Crippen LogP contribution is 2.61. The first-order valence-corrected chi connectivity index (χ1v) is 13.4. The molecular weight excluding hydrogens is 446 g/mol. The standard InChI is InChI=1S/C28H29NO2S2/c1-2-31-24-9-8-22(28-15-18-10-19(16-28)12-20(11-18)17-28)13-21(24)14-25-26(30)29(27(32)33-25)23-6-4-3-5-7-23/h3-9,13-14,18-20H,2,10-12,15-17H2,1H3/b25-14+. The minimum atomic E-state index is -0.0566. The van der Waals surface area contributed by atoms with Crippen molar-refractivity contribution in [2.45, 2.75) is 50.9 Å². The van der Waals surface area contributed by atoms with E-state index in [1.807, 2.05) is 43.3 Å². The number of rotatable bonds is 5. The number of para-hydroxylation sites is 1. The molecule has 4 bridgehead atoms. The van der Waals surface area contributed by atoms with Gasteiger partial charge in [-0.15, -0.1) is 0 Å². The van der Waals surface area contributed by atoms with Gasteiger partial charge in [0, 0.05) is 5.56 Å². The van der Waals surface area contributed by atoms with E-state index in [0.717, 1.165) is 34.8 Å². The van der Waals surface area contributed by atoms with E-state index in [4.69, 9.17) is 17.0 Å². The average Bonchev–Trinajstić information content (AvgIpc) is 3.07. The molecule has 7 rings (SSSR count). The summed E-state index contributed by atoms with van der Waals surface area (Å²) >= 11 is 6.95. The van der Waals surface area contributed by atoms with E-state index in [1.54, 1.807) is 4.90 Å². The van der Waals surface area contributed by atoms with Crippen molar-refractivity contribution in [1.29, 1.82) is 0 Å². The molecule has 4 aliphatic carbocycles. The van der Waals surface area contributed by atoms with Crippen LogP contribution >= 0.6 is 24.0 Å². The number of thiocarbonyl (C=S) groups is 1. The summed E-state index contributed by atoms with van der Waals surface area (Å²) in [6, 6.07) is 16.4. The van der Waals surface area contributed by atoms with Gasteiger partial charge in [0.1, 0.15) is 5.75 Å². The van der Waals surface area contributed by atoms with Crippen molar-refractivity contribution in [3.05, 3.63) is 64.6 Å². The Morgan fingerprint density at radius 1 is 1.06 bits per heavy atom. The van der Waals surface area contributed by atoms with Crippen molar-refractivity contribution in [2.75, 3.05) is 11.5 Å². The second-order valence-electron chi connectivity index (χ2n) is 10.2. The van der Waals surface area contributed by atoms with Crippen molar-refractivity contribution >= 4 is 46.0 Å². The van der Waals surface area contributed by atoms with Gasteiger partial charge in [0.2, 0.25) is 0 Å². The Bertz CT molecular complexity index is 1100. The summed E-state index contributed by atoms with van der Waals surface area (Å²) in [5, 5.41) is 0. The van der Waals surface area contributed by atoms with Gasteiger partial charge in [-0.3, -0.25) is 9.69 Å². The topological polar surface area (TPSA) is 29.5 Å². The molecule has 170 valence electrons. The third kappa shape index (κ3) is 3.74. The van der Waals surface area contributed by atoms with E-state index >= 15 is 0 Å². The van der Waals surface area contributed by atoms with Crippen LogP contribution in [0.4, 0.5) is 5.69 Å². The van der Waals surface area contributed by atoms with E-state index in [1.165, 1.54) is 55.9 Å². The van der Waals surface area contributed by atoms with Crippen LogP contribution in [0.1, 0.15) is 56.6 Å². The number of ether oxygens (including phenoxy) is 1. The van der Waals surface area contributed by atoms with E-state index in [0.29, 0.717) is 21.2 Å². The molecular formula is C28H29NO2S2. The predicted molar refractivity (Wildman–Crippen MR) is 140 cm³/mol. The summed E-state index contributed by atoms with van der Waals surface area (Å²) in [6.45, 7) is 2.61. The lowest BCUT2D eigenvalue weighted by Crippen LogP contribution is -2.48. The number of nitrogens with zero attached hydrogens (tertiary/aromatic N) is 1. The highest BCUT2D eigenvalue weighted by molar-refractivity contribution is 8.27. The Morgan fingerprint density at radius 3 is 2.36 bits per heavy atom. The van der Waals surface area contributed by atoms with Gasteiger partial charge in [0.05, 0.1) is 17.2 Å². The molecule has 0 atom stereocenters. The quantitative estimate of drug-likeness (QED) is 0.345. The summed E-state index contributed by atoms with van der Waals surface area (Å²) in [5.41, 5.74) is 3.56. The molecule has 1 heterocycles. The van der Waals surface area contributed by atoms with Crippen molar-refractivity contribution in [3.63, 3.8) is 0 Å². The van der Waals surface area contributed by atoms with Gasteiger partial charge in [-0.2, -0.15) is 0 Å². The van der Waals surface area contributed by atoms with Gasteiger partial charge < -0.3 is 4.74 Å². The molecule has 0 N–H and O–H groups in total. The molecule has 0 spiro atoms. The van der Waals surface area contributed by atoms with Crippen molar-refractivity contribution in [1.82, 2.24) is 0 Å². The average molecular weight is 476 g/mol. The number of carbonyl (C=O) groups is 1. The predicted octanol–water partition coefficient (Wildman–Crippen LogP) is 6.96. The zero-order chi connectivity index (χ0) is 22.6. The van der Waals surface area contributed by atoms with Gasteiger partial charge in [-0.05, 0) is 105 Å². The molecule has 1 aliphatic heterocycles. The number of thioether (sulfide) groups is 1. The number of benzene rings is 2. The molecule has 1 amide bonds. The third-order valence-corrected chi connectivity index (χ3v) is 9.36. The number of hydrogen-bond acceptors (Lipinski definition) is 4. The molecule has 3 nitrogen and oxygen atoms in total. The summed E-state index contributed by atoms with van der Waals surface area (Å²) in [4.78, 5) is 15.6. The molecule has 2 aromatic carbocycles. The van der Waals surface area contributed by atoms with E-state index < -0.39 is 0 Å². The maximum Gasteiger partial charge on any atom is 0.270 e. The van der Waals surface area contributed by atoms with Gasteiger partial charge in [0.15, 0.2) is 4.32 Å². The number of hydrogen-bond donors (Lipinski definition) is 0. The van der Waals surface area contributed by atoms with Gasteiger partial charge >= 0.3 is 0 Å². The second-order valence-corrected chi connectivity index (χ2v) is 11.9. The van der Waals surface area contributed by atoms with Crippen LogP contribution in [0.3, 0.4) is 0 Å². The van der Waals surface area contributed by atoms with E-state index in [9.17, 15) is 4.79 Å². The molecule has 5 heteroatoms. The summed E-state index contributed by atoms with van der Waals surface area (Å²) in [6.07, 6.45) is 10.3. The third-order valence-electron chi connectivity index (χ3n) is 8.05. The molecule has 33 heavy (non-hydrogen) atoms. The van der Waals surface area contributed by atoms with E-state index in [-0.39, 0.29) is 5.91 Å². The highest BCUT2D eigenvalue weighted by atomic mass is 32.2. The molecule has 4 saturated carbocycles. The summed E-state index contributed by atoms with van der Waals surface area (Å²) in [5.74, 6) is 3.48. The minimum Gasteiger partial charge on any atom is -0.493 e. The van der Waals surface area contributed by atoms with Crippen molar-refractivity contribution in [3.8, 4) is 5.75 Å². The fourth-order valence-electron chi connectivity index (χ4n) is 7.15. The number of carbonyl (C=O) groups excluding carboxylic acids is 1. The maximum absolute atomic E-state index is 13.3. The van der Waals surface area contributed by atoms with Crippen molar-refractivity contribution < 1.29 is 9.53 Å². The lowest BCUT2D eigenvalue weighted by atomic mass is 9.48. The Hall–Kier alpha value is -2.11. The first-order chi connectivity index (χ1) is 16.0. The molecule has 0 radical (unpaired) electrons. The maximum atomic E-state index is 13.3. The number of anilines is 1. The van der Waals surface area contributed by atoms with Gasteiger partial charge in [-0.25, -0.2) is 0 Å². The summed E-state index contributed by atoms with van der Waals surface area (Å²) in [7, 11) is 0. The van der Waals surface area contributed by atoms with Crippen LogP contribution in [0.2, 0.25) is 0 Å². The Labute approximate surface area is 205 Å². The second kappa shape index (κ2) is 8.28. The van der Waals surface area contributed by atoms with Crippen molar-refractivity contribution in [2.24, 2.45) is 17.8 Å². The van der Waals surface area contributed by atoms with Crippen LogP contribution in [0.15, 0.2) is 53.4 Å². The SMILES string of the molecule is CCOc1ccc(C23CC4CC(CC(C4)C2)C3)cc1/C=C1/SC(=S)N(c2ccccc2)C1=O. The van der Waals surface area contributed by atoms with Crippen LogP contribution < -0.4 is 9.64 Å². The molecule has 5 aliphatic rings. The molecule has 0 aromatic heterocycles. The van der Waals surface area contributed by atoms with Gasteiger partial charge in [0.25, 0.3) is 5.91 Å². The lowest BCUT2D eigenvalue weighted by molar-refractivity contribution is -0.113. The fraction of sp³-hybridized carbons (Fsp3) is 0.429. The minimum absolute atomic E-state index is 0.0566. The fourth-order valence-corrected chi connectivity index (χ4v) is 8.44. The van der Waals surface area contributed by atoms with Crippen LogP contribution in [0.5, 0.6) is 5.75 Å². The van der Waals surface area contributed by atoms with E-state index in [2.05, 4.69) is 18.2 Å². The molecule has 0 unspecified atom stereocenters. The van der Waals surface area contributed by atoms with Crippen LogP contribution in [-0.4, -0.2) is 16.8 Å². The van der Waals surface area contributed by atoms with Crippen LogP contribution in [-0.2, 0) is 10.2 Å². The molecule has 1 saturated heterocycles.